The van der Waals surface area contributed by atoms with E-state index < -0.39 is 0 Å². The quantitative estimate of drug-likeness (QED) is 0.484. The average molecular weight is 400 g/mol. The molecule has 0 saturated carbocycles. The number of hydrogen-bond donors (Lipinski definition) is 1. The molecule has 2 aromatic carbocycles. The summed E-state index contributed by atoms with van der Waals surface area (Å²) in [4.78, 5) is 22.7. The molecule has 0 aliphatic carbocycles. The van der Waals surface area contributed by atoms with E-state index in [0.717, 1.165) is 22.4 Å². The minimum atomic E-state index is -0.258. The molecule has 150 valence electrons. The largest absolute Gasteiger partial charge is 0.494 e. The van der Waals surface area contributed by atoms with Crippen molar-refractivity contribution in [3.8, 4) is 28.3 Å². The Labute approximate surface area is 172 Å². The minimum Gasteiger partial charge on any atom is -0.494 e. The first kappa shape index (κ1) is 18.2. The molecular formula is C23H20N4O3. The van der Waals surface area contributed by atoms with E-state index in [1.54, 1.807) is 14.0 Å². The SMILES string of the molecule is COc1ccc(C)c2oc(-c3c(C)nc4c(-c5ccccc5)c(C)[nH]n4c3=O)nc12. The second-order valence-corrected chi connectivity index (χ2v) is 7.30. The van der Waals surface area contributed by atoms with Crippen molar-refractivity contribution in [2.75, 3.05) is 7.11 Å². The second kappa shape index (κ2) is 6.59. The molecule has 0 spiro atoms. The molecule has 0 aliphatic rings. The number of ether oxygens (including phenoxy) is 1. The van der Waals surface area contributed by atoms with E-state index in [1.165, 1.54) is 4.52 Å². The molecule has 3 heterocycles. The molecule has 0 unspecified atom stereocenters. The number of H-pyrrole nitrogens is 1. The zero-order valence-corrected chi connectivity index (χ0v) is 17.1. The van der Waals surface area contributed by atoms with Crippen LogP contribution in [0.15, 0.2) is 51.7 Å². The third-order valence-corrected chi connectivity index (χ3v) is 5.34. The van der Waals surface area contributed by atoms with E-state index in [2.05, 4.69) is 10.1 Å². The molecule has 1 N–H and O–H groups in total. The summed E-state index contributed by atoms with van der Waals surface area (Å²) in [6.45, 7) is 5.66. The Kier molecular flexibility index (Phi) is 3.99. The normalized spacial score (nSPS) is 11.5. The van der Waals surface area contributed by atoms with Gasteiger partial charge in [-0.3, -0.25) is 9.89 Å². The van der Waals surface area contributed by atoms with Gasteiger partial charge in [-0.25, -0.2) is 14.5 Å². The van der Waals surface area contributed by atoms with E-state index in [-0.39, 0.29) is 11.4 Å². The highest BCUT2D eigenvalue weighted by atomic mass is 16.5. The van der Waals surface area contributed by atoms with Gasteiger partial charge < -0.3 is 9.15 Å². The zero-order valence-electron chi connectivity index (χ0n) is 17.1. The van der Waals surface area contributed by atoms with E-state index in [4.69, 9.17) is 14.1 Å². The Balaban J connectivity index is 1.79. The maximum Gasteiger partial charge on any atom is 0.285 e. The lowest BCUT2D eigenvalue weighted by Gasteiger charge is -2.04. The average Bonchev–Trinajstić information content (AvgIpc) is 3.31. The van der Waals surface area contributed by atoms with Gasteiger partial charge in [0, 0.05) is 11.3 Å². The molecule has 0 aliphatic heterocycles. The summed E-state index contributed by atoms with van der Waals surface area (Å²) in [5.41, 5.74) is 6.05. The molecule has 3 aromatic heterocycles. The van der Waals surface area contributed by atoms with E-state index in [9.17, 15) is 4.79 Å². The van der Waals surface area contributed by atoms with Gasteiger partial charge in [-0.15, -0.1) is 0 Å². The fourth-order valence-electron chi connectivity index (χ4n) is 3.87. The number of nitrogens with one attached hydrogen (secondary N) is 1. The lowest BCUT2D eigenvalue weighted by Crippen LogP contribution is -2.19. The lowest BCUT2D eigenvalue weighted by molar-refractivity contribution is 0.419. The van der Waals surface area contributed by atoms with E-state index in [0.29, 0.717) is 33.8 Å². The van der Waals surface area contributed by atoms with Gasteiger partial charge >= 0.3 is 0 Å². The number of methoxy groups -OCH3 is 1. The predicted molar refractivity (Wildman–Crippen MR) is 115 cm³/mol. The molecule has 0 saturated heterocycles. The van der Waals surface area contributed by atoms with Crippen molar-refractivity contribution < 1.29 is 9.15 Å². The number of fused-ring (bicyclic) bond motifs is 2. The summed E-state index contributed by atoms with van der Waals surface area (Å²) in [6, 6.07) is 13.6. The fraction of sp³-hybridized carbons (Fsp3) is 0.174. The highest BCUT2D eigenvalue weighted by Crippen LogP contribution is 2.33. The van der Waals surface area contributed by atoms with Crippen LogP contribution in [-0.2, 0) is 0 Å². The van der Waals surface area contributed by atoms with Gasteiger partial charge in [0.25, 0.3) is 5.56 Å². The van der Waals surface area contributed by atoms with E-state index in [1.807, 2.05) is 56.3 Å². The van der Waals surface area contributed by atoms with Crippen molar-refractivity contribution in [1.82, 2.24) is 19.6 Å². The Bertz CT molecular complexity index is 1480. The molecular weight excluding hydrogens is 380 g/mol. The highest BCUT2D eigenvalue weighted by molar-refractivity contribution is 5.85. The Hall–Kier alpha value is -3.87. The number of benzene rings is 2. The molecule has 0 radical (unpaired) electrons. The van der Waals surface area contributed by atoms with Crippen LogP contribution in [0, 0.1) is 20.8 Å². The van der Waals surface area contributed by atoms with Crippen molar-refractivity contribution in [2.45, 2.75) is 20.8 Å². The van der Waals surface area contributed by atoms with Gasteiger partial charge in [0.05, 0.1) is 12.8 Å². The van der Waals surface area contributed by atoms with Gasteiger partial charge in [0.1, 0.15) is 11.3 Å². The molecule has 5 aromatic rings. The number of rotatable bonds is 3. The smallest absolute Gasteiger partial charge is 0.285 e. The summed E-state index contributed by atoms with van der Waals surface area (Å²) in [6.07, 6.45) is 0. The highest BCUT2D eigenvalue weighted by Gasteiger charge is 2.23. The molecule has 0 atom stereocenters. The first-order valence-electron chi connectivity index (χ1n) is 9.61. The molecule has 0 fully saturated rings. The standard InChI is InChI=1S/C23H20N4O3/c1-12-10-11-16(29-4)19-20(12)30-22(25-19)18-13(2)24-21-17(15-8-6-5-7-9-15)14(3)26-27(21)23(18)28/h5-11,26H,1-4H3. The van der Waals surface area contributed by atoms with Gasteiger partial charge in [0.15, 0.2) is 16.7 Å². The number of hydrogen-bond acceptors (Lipinski definition) is 5. The summed E-state index contributed by atoms with van der Waals surface area (Å²) < 4.78 is 12.9. The number of aryl methyl sites for hydroxylation is 3. The van der Waals surface area contributed by atoms with Crippen LogP contribution >= 0.6 is 0 Å². The summed E-state index contributed by atoms with van der Waals surface area (Å²) in [5.74, 6) is 0.829. The van der Waals surface area contributed by atoms with Gasteiger partial charge in [-0.1, -0.05) is 36.4 Å². The maximum atomic E-state index is 13.4. The minimum absolute atomic E-state index is 0.232. The fourth-order valence-corrected chi connectivity index (χ4v) is 3.87. The van der Waals surface area contributed by atoms with Crippen LogP contribution < -0.4 is 10.3 Å². The first-order valence-corrected chi connectivity index (χ1v) is 9.61. The Morgan fingerprint density at radius 1 is 1.00 bits per heavy atom. The van der Waals surface area contributed by atoms with Gasteiger partial charge in [0.2, 0.25) is 5.89 Å². The third kappa shape index (κ3) is 2.55. The Morgan fingerprint density at radius 3 is 2.50 bits per heavy atom. The molecule has 5 rings (SSSR count). The summed E-state index contributed by atoms with van der Waals surface area (Å²) >= 11 is 0. The monoisotopic (exact) mass is 400 g/mol. The van der Waals surface area contributed by atoms with Crippen molar-refractivity contribution >= 4 is 16.7 Å². The number of aromatic amines is 1. The maximum absolute atomic E-state index is 13.4. The van der Waals surface area contributed by atoms with Crippen LogP contribution in [0.2, 0.25) is 0 Å². The van der Waals surface area contributed by atoms with Crippen LogP contribution in [0.3, 0.4) is 0 Å². The van der Waals surface area contributed by atoms with Gasteiger partial charge in [-0.05, 0) is 38.0 Å². The molecule has 7 nitrogen and oxygen atoms in total. The van der Waals surface area contributed by atoms with Crippen LogP contribution in [0.4, 0.5) is 0 Å². The van der Waals surface area contributed by atoms with Crippen molar-refractivity contribution in [2.24, 2.45) is 0 Å². The number of nitrogens with zero attached hydrogens (tertiary/aromatic N) is 3. The molecule has 0 amide bonds. The van der Waals surface area contributed by atoms with Crippen LogP contribution in [-0.4, -0.2) is 26.7 Å². The first-order chi connectivity index (χ1) is 14.5. The molecule has 7 heteroatoms. The Morgan fingerprint density at radius 2 is 1.77 bits per heavy atom. The zero-order chi connectivity index (χ0) is 21.0. The van der Waals surface area contributed by atoms with Crippen LogP contribution in [0.25, 0.3) is 39.3 Å². The summed E-state index contributed by atoms with van der Waals surface area (Å²) in [7, 11) is 1.58. The van der Waals surface area contributed by atoms with Crippen molar-refractivity contribution in [1.29, 1.82) is 0 Å². The van der Waals surface area contributed by atoms with Gasteiger partial charge in [-0.2, -0.15) is 0 Å². The number of aromatic nitrogens is 4. The van der Waals surface area contributed by atoms with Crippen LogP contribution in [0.1, 0.15) is 17.0 Å². The predicted octanol–water partition coefficient (Wildman–Crippen LogP) is 4.43. The van der Waals surface area contributed by atoms with E-state index >= 15 is 0 Å². The molecule has 30 heavy (non-hydrogen) atoms. The van der Waals surface area contributed by atoms with Crippen LogP contribution in [0.5, 0.6) is 5.75 Å². The molecule has 0 bridgehead atoms. The second-order valence-electron chi connectivity index (χ2n) is 7.30. The topological polar surface area (TPSA) is 85.4 Å². The van der Waals surface area contributed by atoms with Crippen molar-refractivity contribution in [3.63, 3.8) is 0 Å². The summed E-state index contributed by atoms with van der Waals surface area (Å²) in [5, 5.41) is 3.15. The lowest BCUT2D eigenvalue weighted by atomic mass is 10.1. The number of oxazole rings is 1. The third-order valence-electron chi connectivity index (χ3n) is 5.34. The van der Waals surface area contributed by atoms with Crippen molar-refractivity contribution in [3.05, 3.63) is 69.8 Å².